The van der Waals surface area contributed by atoms with Crippen molar-refractivity contribution >= 4 is 35.0 Å². The van der Waals surface area contributed by atoms with Gasteiger partial charge in [0.05, 0.1) is 11.4 Å². The summed E-state index contributed by atoms with van der Waals surface area (Å²) in [6, 6.07) is 24.5. The smallest absolute Gasteiger partial charge is 0.330 e. The van der Waals surface area contributed by atoms with Crippen LogP contribution in [0.4, 0.5) is 5.69 Å². The van der Waals surface area contributed by atoms with Crippen LogP contribution in [0.5, 0.6) is 0 Å². The lowest BCUT2D eigenvalue weighted by molar-refractivity contribution is -0.131. The summed E-state index contributed by atoms with van der Waals surface area (Å²) in [6.07, 6.45) is 1.09. The van der Waals surface area contributed by atoms with E-state index < -0.39 is 5.97 Å². The molecule has 0 atom stereocenters. The number of nitrogens with zero attached hydrogens (tertiary/aromatic N) is 1. The van der Waals surface area contributed by atoms with Crippen molar-refractivity contribution in [3.63, 3.8) is 0 Å². The zero-order valence-electron chi connectivity index (χ0n) is 14.2. The van der Waals surface area contributed by atoms with Gasteiger partial charge in [-0.3, -0.25) is 9.69 Å². The quantitative estimate of drug-likeness (QED) is 0.659. The summed E-state index contributed by atoms with van der Waals surface area (Å²) in [5, 5.41) is 9.34. The number of rotatable bonds is 4. The molecule has 0 aromatic heterocycles. The van der Waals surface area contributed by atoms with Gasteiger partial charge < -0.3 is 5.11 Å². The van der Waals surface area contributed by atoms with Crippen molar-refractivity contribution in [2.45, 2.75) is 9.79 Å². The highest BCUT2D eigenvalue weighted by atomic mass is 32.2. The maximum Gasteiger partial charge on any atom is 0.330 e. The van der Waals surface area contributed by atoms with Crippen molar-refractivity contribution < 1.29 is 14.7 Å². The molecule has 3 aromatic carbocycles. The van der Waals surface area contributed by atoms with Crippen molar-refractivity contribution in [2.24, 2.45) is 0 Å². The van der Waals surface area contributed by atoms with Gasteiger partial charge in [0.2, 0.25) is 0 Å². The average molecular weight is 373 g/mol. The van der Waals surface area contributed by atoms with Gasteiger partial charge in [-0.15, -0.1) is 0 Å². The summed E-state index contributed by atoms with van der Waals surface area (Å²) < 4.78 is 0. The first-order chi connectivity index (χ1) is 13.1. The lowest BCUT2D eigenvalue weighted by Crippen LogP contribution is -2.23. The highest BCUT2D eigenvalue weighted by molar-refractivity contribution is 7.99. The standard InChI is InChI=1S/C22H15NO3S/c24-21(25)14-19-16-10-4-5-11-17(16)22(26)23(19)18-12-6-7-13-20(18)27-15-8-2-1-3-9-15/h1-14H,(H,24,25). The van der Waals surface area contributed by atoms with E-state index in [1.165, 1.54) is 16.7 Å². The minimum absolute atomic E-state index is 0.223. The zero-order chi connectivity index (χ0) is 18.8. The van der Waals surface area contributed by atoms with E-state index >= 15 is 0 Å². The zero-order valence-corrected chi connectivity index (χ0v) is 15.0. The van der Waals surface area contributed by atoms with Crippen LogP contribution in [0.3, 0.4) is 0 Å². The SMILES string of the molecule is O=C(O)C=C1c2ccccc2C(=O)N1c1ccccc1Sc1ccccc1. The topological polar surface area (TPSA) is 57.6 Å². The van der Waals surface area contributed by atoms with E-state index in [1.54, 1.807) is 24.3 Å². The lowest BCUT2D eigenvalue weighted by Gasteiger charge is -2.21. The van der Waals surface area contributed by atoms with E-state index in [2.05, 4.69) is 0 Å². The third-order valence-corrected chi connectivity index (χ3v) is 5.29. The van der Waals surface area contributed by atoms with Gasteiger partial charge in [0.15, 0.2) is 0 Å². The molecule has 4 nitrogen and oxygen atoms in total. The summed E-state index contributed by atoms with van der Waals surface area (Å²) >= 11 is 1.53. The minimum atomic E-state index is -1.09. The van der Waals surface area contributed by atoms with Gasteiger partial charge >= 0.3 is 5.97 Å². The van der Waals surface area contributed by atoms with Crippen LogP contribution in [0.15, 0.2) is 94.7 Å². The van der Waals surface area contributed by atoms with Crippen LogP contribution in [0.1, 0.15) is 15.9 Å². The van der Waals surface area contributed by atoms with E-state index in [-0.39, 0.29) is 5.91 Å². The maximum absolute atomic E-state index is 13.1. The molecule has 1 heterocycles. The molecule has 0 aliphatic carbocycles. The molecule has 1 N–H and O–H groups in total. The fourth-order valence-corrected chi connectivity index (χ4v) is 4.04. The van der Waals surface area contributed by atoms with Crippen molar-refractivity contribution in [1.82, 2.24) is 0 Å². The number of hydrogen-bond acceptors (Lipinski definition) is 3. The number of amides is 1. The molecule has 0 bridgehead atoms. The van der Waals surface area contributed by atoms with Crippen molar-refractivity contribution in [2.75, 3.05) is 4.90 Å². The highest BCUT2D eigenvalue weighted by Gasteiger charge is 2.34. The maximum atomic E-state index is 13.1. The van der Waals surface area contributed by atoms with Crippen LogP contribution in [-0.4, -0.2) is 17.0 Å². The molecule has 5 heteroatoms. The lowest BCUT2D eigenvalue weighted by atomic mass is 10.1. The number of para-hydroxylation sites is 1. The molecule has 1 aliphatic heterocycles. The van der Waals surface area contributed by atoms with Gasteiger partial charge in [-0.1, -0.05) is 60.3 Å². The summed E-state index contributed by atoms with van der Waals surface area (Å²) in [7, 11) is 0. The highest BCUT2D eigenvalue weighted by Crippen LogP contribution is 2.42. The number of aliphatic carboxylic acids is 1. The molecular formula is C22H15NO3S. The predicted molar refractivity (Wildman–Crippen MR) is 106 cm³/mol. The molecule has 1 amide bonds. The molecule has 0 saturated carbocycles. The molecule has 4 rings (SSSR count). The van der Waals surface area contributed by atoms with E-state index in [0.29, 0.717) is 22.5 Å². The fraction of sp³-hybridized carbons (Fsp3) is 0. The van der Waals surface area contributed by atoms with Gasteiger partial charge in [0.25, 0.3) is 5.91 Å². The van der Waals surface area contributed by atoms with Crippen molar-refractivity contribution in [3.8, 4) is 0 Å². The molecule has 0 radical (unpaired) electrons. The summed E-state index contributed by atoms with van der Waals surface area (Å²) in [5.41, 5.74) is 2.18. The summed E-state index contributed by atoms with van der Waals surface area (Å²) in [6.45, 7) is 0. The minimum Gasteiger partial charge on any atom is -0.478 e. The number of carboxylic acids is 1. The first-order valence-corrected chi connectivity index (χ1v) is 9.17. The summed E-state index contributed by atoms with van der Waals surface area (Å²) in [5.74, 6) is -1.31. The first kappa shape index (κ1) is 17.1. The van der Waals surface area contributed by atoms with Crippen LogP contribution in [0, 0.1) is 0 Å². The number of benzene rings is 3. The largest absolute Gasteiger partial charge is 0.478 e. The van der Waals surface area contributed by atoms with Crippen LogP contribution in [0.2, 0.25) is 0 Å². The Morgan fingerprint density at radius 3 is 2.22 bits per heavy atom. The number of hydrogen-bond donors (Lipinski definition) is 1. The van der Waals surface area contributed by atoms with Gasteiger partial charge in [0, 0.05) is 27.0 Å². The Bertz CT molecular complexity index is 1060. The predicted octanol–water partition coefficient (Wildman–Crippen LogP) is 4.92. The Balaban J connectivity index is 1.83. The van der Waals surface area contributed by atoms with Gasteiger partial charge in [0.1, 0.15) is 0 Å². The molecule has 1 aliphatic rings. The third-order valence-electron chi connectivity index (χ3n) is 4.21. The Morgan fingerprint density at radius 1 is 0.852 bits per heavy atom. The van der Waals surface area contributed by atoms with Crippen LogP contribution >= 0.6 is 11.8 Å². The molecule has 27 heavy (non-hydrogen) atoms. The normalized spacial score (nSPS) is 14.4. The molecular weight excluding hydrogens is 358 g/mol. The molecule has 0 saturated heterocycles. The number of carbonyl (C=O) groups excluding carboxylic acids is 1. The van der Waals surface area contributed by atoms with Crippen LogP contribution in [0.25, 0.3) is 5.70 Å². The van der Waals surface area contributed by atoms with E-state index in [9.17, 15) is 14.7 Å². The number of carboxylic acid groups (broad SMARTS) is 1. The molecule has 0 unspecified atom stereocenters. The van der Waals surface area contributed by atoms with Crippen LogP contribution < -0.4 is 4.90 Å². The Morgan fingerprint density at radius 2 is 1.48 bits per heavy atom. The van der Waals surface area contributed by atoms with Crippen molar-refractivity contribution in [3.05, 3.63) is 96.1 Å². The third kappa shape index (κ3) is 3.25. The molecule has 3 aromatic rings. The number of anilines is 1. The average Bonchev–Trinajstić information content (AvgIpc) is 2.95. The second kappa shape index (κ2) is 7.13. The summed E-state index contributed by atoms with van der Waals surface area (Å²) in [4.78, 5) is 27.9. The molecule has 132 valence electrons. The Hall–Kier alpha value is -3.31. The number of fused-ring (bicyclic) bond motifs is 1. The first-order valence-electron chi connectivity index (χ1n) is 8.35. The monoisotopic (exact) mass is 373 g/mol. The van der Waals surface area contributed by atoms with E-state index in [4.69, 9.17) is 0 Å². The van der Waals surface area contributed by atoms with E-state index in [0.717, 1.165) is 15.9 Å². The Labute approximate surface area is 160 Å². The van der Waals surface area contributed by atoms with Gasteiger partial charge in [-0.2, -0.15) is 0 Å². The van der Waals surface area contributed by atoms with Crippen molar-refractivity contribution in [1.29, 1.82) is 0 Å². The molecule has 0 fully saturated rings. The van der Waals surface area contributed by atoms with Gasteiger partial charge in [-0.25, -0.2) is 4.79 Å². The van der Waals surface area contributed by atoms with Gasteiger partial charge in [-0.05, 0) is 30.3 Å². The second-order valence-electron chi connectivity index (χ2n) is 5.94. The van der Waals surface area contributed by atoms with E-state index in [1.807, 2.05) is 54.6 Å². The Kier molecular flexibility index (Phi) is 4.52. The second-order valence-corrected chi connectivity index (χ2v) is 7.05. The number of carbonyl (C=O) groups is 2. The fourth-order valence-electron chi connectivity index (χ4n) is 3.09. The molecule has 0 spiro atoms. The van der Waals surface area contributed by atoms with Crippen LogP contribution in [-0.2, 0) is 4.79 Å².